The number of rotatable bonds is 5. The molecule has 0 spiro atoms. The third-order valence-electron chi connectivity index (χ3n) is 4.41. The molecule has 1 aliphatic carbocycles. The third kappa shape index (κ3) is 3.49. The summed E-state index contributed by atoms with van der Waals surface area (Å²) in [4.78, 5) is 17.0. The van der Waals surface area contributed by atoms with Gasteiger partial charge in [-0.1, -0.05) is 29.8 Å². The van der Waals surface area contributed by atoms with E-state index in [9.17, 15) is 4.79 Å². The number of hydrogen-bond acceptors (Lipinski definition) is 4. The molecule has 3 aromatic rings. The monoisotopic (exact) mass is 352 g/mol. The van der Waals surface area contributed by atoms with E-state index in [1.54, 1.807) is 16.0 Å². The number of carbonyl (C=O) groups excluding carboxylic acids is 1. The average molecular weight is 352 g/mol. The van der Waals surface area contributed by atoms with Gasteiger partial charge in [0.1, 0.15) is 10.7 Å². The number of thiazole rings is 1. The fraction of sp³-hybridized carbons (Fsp3) is 0.316. The first kappa shape index (κ1) is 16.0. The van der Waals surface area contributed by atoms with E-state index in [2.05, 4.69) is 46.6 Å². The average Bonchev–Trinajstić information content (AvgIpc) is 3.22. The topological polar surface area (TPSA) is 59.8 Å². The quantitative estimate of drug-likeness (QED) is 0.762. The summed E-state index contributed by atoms with van der Waals surface area (Å²) < 4.78 is 1.67. The Morgan fingerprint density at radius 2 is 2.08 bits per heavy atom. The van der Waals surface area contributed by atoms with Gasteiger partial charge in [0, 0.05) is 23.9 Å². The fourth-order valence-electron chi connectivity index (χ4n) is 2.76. The number of benzene rings is 1. The van der Waals surface area contributed by atoms with Crippen molar-refractivity contribution in [2.45, 2.75) is 32.2 Å². The molecule has 0 bridgehead atoms. The van der Waals surface area contributed by atoms with Crippen LogP contribution in [0.2, 0.25) is 0 Å². The highest BCUT2D eigenvalue weighted by atomic mass is 32.1. The van der Waals surface area contributed by atoms with Gasteiger partial charge in [0.15, 0.2) is 0 Å². The number of nitrogens with one attached hydrogen (secondary N) is 1. The van der Waals surface area contributed by atoms with Crippen LogP contribution in [-0.2, 0) is 13.6 Å². The Labute approximate surface area is 150 Å². The highest BCUT2D eigenvalue weighted by Crippen LogP contribution is 2.39. The van der Waals surface area contributed by atoms with E-state index in [0.29, 0.717) is 18.2 Å². The van der Waals surface area contributed by atoms with Crippen molar-refractivity contribution < 1.29 is 4.79 Å². The zero-order valence-electron chi connectivity index (χ0n) is 14.3. The van der Waals surface area contributed by atoms with Gasteiger partial charge in [-0.05, 0) is 25.8 Å². The summed E-state index contributed by atoms with van der Waals surface area (Å²) in [7, 11) is 1.82. The molecule has 1 saturated carbocycles. The third-order valence-corrected chi connectivity index (χ3v) is 5.35. The van der Waals surface area contributed by atoms with Crippen LogP contribution in [0.1, 0.15) is 46.2 Å². The largest absolute Gasteiger partial charge is 0.345 e. The van der Waals surface area contributed by atoms with E-state index in [1.807, 2.05) is 18.5 Å². The molecule has 2 aromatic heterocycles. The molecule has 25 heavy (non-hydrogen) atoms. The van der Waals surface area contributed by atoms with Gasteiger partial charge in [-0.25, -0.2) is 4.98 Å². The molecule has 1 N–H and O–H groups in total. The first-order valence-electron chi connectivity index (χ1n) is 8.44. The predicted molar refractivity (Wildman–Crippen MR) is 98.6 cm³/mol. The number of nitrogens with zero attached hydrogens (tertiary/aromatic N) is 3. The Hall–Kier alpha value is -2.47. The Bertz CT molecular complexity index is 906. The number of amides is 1. The normalized spacial score (nSPS) is 13.8. The van der Waals surface area contributed by atoms with Gasteiger partial charge in [-0.15, -0.1) is 11.3 Å². The van der Waals surface area contributed by atoms with Crippen LogP contribution in [0.5, 0.6) is 0 Å². The van der Waals surface area contributed by atoms with Gasteiger partial charge in [-0.2, -0.15) is 5.10 Å². The van der Waals surface area contributed by atoms with E-state index >= 15 is 0 Å². The minimum absolute atomic E-state index is 0.105. The van der Waals surface area contributed by atoms with Gasteiger partial charge >= 0.3 is 0 Å². The van der Waals surface area contributed by atoms with Crippen molar-refractivity contribution in [3.05, 3.63) is 58.4 Å². The maximum Gasteiger partial charge on any atom is 0.269 e. The molecule has 0 aliphatic heterocycles. The van der Waals surface area contributed by atoms with Crippen LogP contribution in [0.25, 0.3) is 10.6 Å². The lowest BCUT2D eigenvalue weighted by atomic mass is 10.2. The van der Waals surface area contributed by atoms with Gasteiger partial charge in [-0.3, -0.25) is 9.48 Å². The van der Waals surface area contributed by atoms with Crippen molar-refractivity contribution in [3.63, 3.8) is 0 Å². The lowest BCUT2D eigenvalue weighted by Crippen LogP contribution is -2.25. The Kier molecular flexibility index (Phi) is 4.13. The number of aromatic nitrogens is 3. The van der Waals surface area contributed by atoms with Crippen molar-refractivity contribution in [1.29, 1.82) is 0 Å². The van der Waals surface area contributed by atoms with E-state index in [4.69, 9.17) is 0 Å². The minimum Gasteiger partial charge on any atom is -0.345 e. The first-order valence-corrected chi connectivity index (χ1v) is 9.31. The van der Waals surface area contributed by atoms with E-state index in [-0.39, 0.29) is 5.91 Å². The second-order valence-corrected chi connectivity index (χ2v) is 7.40. The van der Waals surface area contributed by atoms with Crippen LogP contribution in [0.3, 0.4) is 0 Å². The molecule has 4 rings (SSSR count). The Balaban J connectivity index is 1.41. The summed E-state index contributed by atoms with van der Waals surface area (Å²) in [6, 6.07) is 10.2. The van der Waals surface area contributed by atoms with Gasteiger partial charge in [0.2, 0.25) is 0 Å². The lowest BCUT2D eigenvalue weighted by Gasteiger charge is -2.03. The van der Waals surface area contributed by atoms with Crippen molar-refractivity contribution in [2.24, 2.45) is 7.05 Å². The smallest absolute Gasteiger partial charge is 0.269 e. The maximum atomic E-state index is 12.4. The van der Waals surface area contributed by atoms with Crippen LogP contribution in [0, 0.1) is 6.92 Å². The molecule has 1 amide bonds. The van der Waals surface area contributed by atoms with Crippen LogP contribution >= 0.6 is 11.3 Å². The van der Waals surface area contributed by atoms with Crippen LogP contribution < -0.4 is 5.32 Å². The van der Waals surface area contributed by atoms with Crippen LogP contribution in [-0.4, -0.2) is 20.7 Å². The molecule has 6 heteroatoms. The Morgan fingerprint density at radius 1 is 1.32 bits per heavy atom. The van der Waals surface area contributed by atoms with Crippen molar-refractivity contribution in [3.8, 4) is 10.6 Å². The summed E-state index contributed by atoms with van der Waals surface area (Å²) >= 11 is 1.60. The zero-order chi connectivity index (χ0) is 17.4. The molecule has 1 aromatic carbocycles. The maximum absolute atomic E-state index is 12.4. The molecule has 0 radical (unpaired) electrons. The number of aryl methyl sites for hydroxylation is 2. The second-order valence-electron chi connectivity index (χ2n) is 6.55. The van der Waals surface area contributed by atoms with Crippen molar-refractivity contribution in [1.82, 2.24) is 20.1 Å². The minimum atomic E-state index is -0.105. The second kappa shape index (κ2) is 6.44. The molecular weight excluding hydrogens is 332 g/mol. The SMILES string of the molecule is Cc1ccc(-c2nc(CNC(=O)c3cc(C4CC4)nn3C)cs2)cc1. The number of carbonyl (C=O) groups is 1. The Morgan fingerprint density at radius 3 is 2.80 bits per heavy atom. The van der Waals surface area contributed by atoms with Crippen molar-refractivity contribution in [2.75, 3.05) is 0 Å². The van der Waals surface area contributed by atoms with Gasteiger partial charge in [0.05, 0.1) is 17.9 Å². The molecule has 0 atom stereocenters. The van der Waals surface area contributed by atoms with Crippen LogP contribution in [0.15, 0.2) is 35.7 Å². The highest BCUT2D eigenvalue weighted by molar-refractivity contribution is 7.13. The number of hydrogen-bond donors (Lipinski definition) is 1. The van der Waals surface area contributed by atoms with E-state index in [1.165, 1.54) is 18.4 Å². The molecule has 5 nitrogen and oxygen atoms in total. The lowest BCUT2D eigenvalue weighted by molar-refractivity contribution is 0.0941. The molecule has 128 valence electrons. The molecule has 0 saturated heterocycles. The van der Waals surface area contributed by atoms with Crippen LogP contribution in [0.4, 0.5) is 0 Å². The first-order chi connectivity index (χ1) is 12.1. The van der Waals surface area contributed by atoms with E-state index in [0.717, 1.165) is 22.0 Å². The molecule has 1 fully saturated rings. The standard InChI is InChI=1S/C19H20N4OS/c1-12-3-5-14(6-4-12)19-21-15(11-25-19)10-20-18(24)17-9-16(13-7-8-13)22-23(17)2/h3-6,9,11,13H,7-8,10H2,1-2H3,(H,20,24). The summed E-state index contributed by atoms with van der Waals surface area (Å²) in [6.45, 7) is 2.49. The predicted octanol–water partition coefficient (Wildman–Crippen LogP) is 3.66. The molecule has 0 unspecified atom stereocenters. The summed E-state index contributed by atoms with van der Waals surface area (Å²) in [5, 5.41) is 10.4. The zero-order valence-corrected chi connectivity index (χ0v) is 15.1. The van der Waals surface area contributed by atoms with Gasteiger partial charge < -0.3 is 5.32 Å². The van der Waals surface area contributed by atoms with Crippen molar-refractivity contribution >= 4 is 17.2 Å². The summed E-state index contributed by atoms with van der Waals surface area (Å²) in [5.74, 6) is 0.440. The molecule has 1 aliphatic rings. The molecular formula is C19H20N4OS. The summed E-state index contributed by atoms with van der Waals surface area (Å²) in [5.41, 5.74) is 4.85. The van der Waals surface area contributed by atoms with Gasteiger partial charge in [0.25, 0.3) is 5.91 Å². The van der Waals surface area contributed by atoms with E-state index < -0.39 is 0 Å². The summed E-state index contributed by atoms with van der Waals surface area (Å²) in [6.07, 6.45) is 2.36. The molecule has 2 heterocycles. The fourth-order valence-corrected chi connectivity index (χ4v) is 3.58. The highest BCUT2D eigenvalue weighted by Gasteiger charge is 2.28.